The van der Waals surface area contributed by atoms with Crippen molar-refractivity contribution >= 4 is 40.6 Å². The van der Waals surface area contributed by atoms with E-state index in [-0.39, 0.29) is 53.0 Å². The lowest BCUT2D eigenvalue weighted by Gasteiger charge is -2.17. The first kappa shape index (κ1) is 33.8. The number of rotatable bonds is 12. The number of alkyl carbamates (subject to hydrolysis) is 1. The highest BCUT2D eigenvalue weighted by molar-refractivity contribution is 5.96. The Bertz CT molecular complexity index is 1940. The van der Waals surface area contributed by atoms with Crippen LogP contribution in [0.15, 0.2) is 71.7 Å². The summed E-state index contributed by atoms with van der Waals surface area (Å²) in [6.45, 7) is -0.835. The third kappa shape index (κ3) is 8.36. The predicted octanol–water partition coefficient (Wildman–Crippen LogP) is 3.86. The number of nitrogens with two attached hydrogens (primary N) is 1. The van der Waals surface area contributed by atoms with Crippen molar-refractivity contribution in [1.29, 1.82) is 0 Å². The number of amides is 3. The van der Waals surface area contributed by atoms with Crippen LogP contribution < -0.4 is 26.7 Å². The third-order valence-corrected chi connectivity index (χ3v) is 6.80. The minimum absolute atomic E-state index is 0.00737. The molecular weight excluding hydrogens is 627 g/mol. The molecule has 0 radical (unpaired) electrons. The highest BCUT2D eigenvalue weighted by Gasteiger charge is 2.23. The number of carbonyl (C=O) groups is 4. The number of primary amides is 1. The molecule has 5 N–H and O–H groups in total. The zero-order valence-electron chi connectivity index (χ0n) is 24.7. The second-order valence-electron chi connectivity index (χ2n) is 10.0. The third-order valence-electron chi connectivity index (χ3n) is 6.80. The second-order valence-corrected chi connectivity index (χ2v) is 10.0. The van der Waals surface area contributed by atoms with Gasteiger partial charge >= 0.3 is 12.2 Å². The Kier molecular flexibility index (Phi) is 10.7. The van der Waals surface area contributed by atoms with Gasteiger partial charge < -0.3 is 35.5 Å². The van der Waals surface area contributed by atoms with E-state index >= 15 is 0 Å². The molecule has 0 saturated heterocycles. The van der Waals surface area contributed by atoms with E-state index in [1.165, 1.54) is 30.5 Å². The Morgan fingerprint density at radius 2 is 1.83 bits per heavy atom. The molecule has 0 bridgehead atoms. The van der Waals surface area contributed by atoms with Crippen LogP contribution in [0.5, 0.6) is 5.75 Å². The molecule has 0 aliphatic rings. The highest BCUT2D eigenvalue weighted by atomic mass is 19.1. The van der Waals surface area contributed by atoms with Crippen LogP contribution in [0, 0.1) is 17.5 Å². The number of hydrogen-bond donors (Lipinski definition) is 4. The summed E-state index contributed by atoms with van der Waals surface area (Å²) < 4.78 is 54.0. The van der Waals surface area contributed by atoms with Crippen molar-refractivity contribution in [2.24, 2.45) is 5.73 Å². The van der Waals surface area contributed by atoms with Gasteiger partial charge in [-0.2, -0.15) is 0 Å². The minimum atomic E-state index is -1.50. The highest BCUT2D eigenvalue weighted by Crippen LogP contribution is 2.32. The van der Waals surface area contributed by atoms with Crippen LogP contribution in [-0.2, 0) is 27.5 Å². The molecular formula is C31H28F3N5O8. The Labute approximate surface area is 264 Å². The van der Waals surface area contributed by atoms with E-state index in [1.807, 2.05) is 0 Å². The molecule has 16 heteroatoms. The lowest BCUT2D eigenvalue weighted by Crippen LogP contribution is -2.44. The van der Waals surface area contributed by atoms with Crippen LogP contribution in [-0.4, -0.2) is 51.4 Å². The van der Waals surface area contributed by atoms with E-state index in [2.05, 4.69) is 15.4 Å². The number of nitrogens with zero attached hydrogens (tertiary/aromatic N) is 2. The maximum atomic E-state index is 14.5. The molecule has 246 valence electrons. The summed E-state index contributed by atoms with van der Waals surface area (Å²) in [5.74, 6) is -4.25. The maximum absolute atomic E-state index is 14.5. The normalized spacial score (nSPS) is 11.7. The smallest absolute Gasteiger partial charge is 0.416 e. The predicted molar refractivity (Wildman–Crippen MR) is 161 cm³/mol. The molecule has 1 unspecified atom stereocenters. The zero-order chi connectivity index (χ0) is 34.2. The van der Waals surface area contributed by atoms with Gasteiger partial charge in [0.25, 0.3) is 5.56 Å². The fourth-order valence-corrected chi connectivity index (χ4v) is 4.65. The fourth-order valence-electron chi connectivity index (χ4n) is 4.65. The number of ether oxygens (including phenoxy) is 2. The number of anilines is 1. The molecule has 3 amide bonds. The molecule has 0 aliphatic heterocycles. The van der Waals surface area contributed by atoms with Crippen molar-refractivity contribution in [1.82, 2.24) is 14.5 Å². The first-order chi connectivity index (χ1) is 22.4. The second kappa shape index (κ2) is 14.8. The van der Waals surface area contributed by atoms with Crippen LogP contribution >= 0.6 is 0 Å². The van der Waals surface area contributed by atoms with Crippen LogP contribution in [0.3, 0.4) is 0 Å². The van der Waals surface area contributed by atoms with E-state index in [1.54, 1.807) is 0 Å². The number of nitrogens with one attached hydrogen (secondary N) is 2. The van der Waals surface area contributed by atoms with Crippen molar-refractivity contribution in [2.75, 3.05) is 12.4 Å². The van der Waals surface area contributed by atoms with Crippen molar-refractivity contribution in [3.8, 4) is 5.75 Å². The van der Waals surface area contributed by atoms with E-state index < -0.39 is 59.7 Å². The number of carboxylic acid groups (broad SMARTS) is 1. The quantitative estimate of drug-likeness (QED) is 0.166. The first-order valence-corrected chi connectivity index (χ1v) is 13.8. The topological polar surface area (TPSA) is 184 Å². The molecule has 0 spiro atoms. The van der Waals surface area contributed by atoms with Crippen molar-refractivity contribution in [2.45, 2.75) is 32.0 Å². The van der Waals surface area contributed by atoms with Crippen LogP contribution in [0.4, 0.5) is 28.4 Å². The summed E-state index contributed by atoms with van der Waals surface area (Å²) in [5, 5.41) is 15.0. The van der Waals surface area contributed by atoms with Crippen LogP contribution in [0.1, 0.15) is 24.1 Å². The van der Waals surface area contributed by atoms with Gasteiger partial charge in [0.2, 0.25) is 11.8 Å². The largest absolute Gasteiger partial charge is 0.486 e. The summed E-state index contributed by atoms with van der Waals surface area (Å²) in [6, 6.07) is 7.60. The summed E-state index contributed by atoms with van der Waals surface area (Å²) in [4.78, 5) is 61.5. The molecule has 0 fully saturated rings. The van der Waals surface area contributed by atoms with Gasteiger partial charge in [-0.3, -0.25) is 14.4 Å². The number of pyridine rings is 1. The lowest BCUT2D eigenvalue weighted by molar-refractivity contribution is -0.118. The fraction of sp³-hybridized carbons (Fsp3) is 0.194. The van der Waals surface area contributed by atoms with E-state index in [0.29, 0.717) is 6.07 Å². The summed E-state index contributed by atoms with van der Waals surface area (Å²) in [6.07, 6.45) is 1.58. The van der Waals surface area contributed by atoms with Gasteiger partial charge in [-0.05, 0) is 55.3 Å². The van der Waals surface area contributed by atoms with Crippen molar-refractivity contribution in [3.63, 3.8) is 0 Å². The van der Waals surface area contributed by atoms with Crippen LogP contribution in [0.2, 0.25) is 0 Å². The molecule has 2 heterocycles. The molecule has 47 heavy (non-hydrogen) atoms. The van der Waals surface area contributed by atoms with Crippen LogP contribution in [0.25, 0.3) is 10.9 Å². The Balaban J connectivity index is 1.62. The van der Waals surface area contributed by atoms with E-state index in [4.69, 9.17) is 10.5 Å². The Hall–Kier alpha value is -6.06. The van der Waals surface area contributed by atoms with Gasteiger partial charge in [0.15, 0.2) is 0 Å². The number of benzene rings is 2. The SMILES string of the molecule is COC(=O)NC(CCC=CC(N)=O)C(=O)Nc1cccn(Cc2cc3cc(F)cc(OCc4ccc(F)cc4F)c3n2C(=O)O)c1=O. The van der Waals surface area contributed by atoms with Gasteiger partial charge in [-0.25, -0.2) is 27.3 Å². The Morgan fingerprint density at radius 1 is 1.06 bits per heavy atom. The number of hydrogen-bond acceptors (Lipinski definition) is 7. The first-order valence-electron chi connectivity index (χ1n) is 13.8. The molecule has 2 aromatic carbocycles. The van der Waals surface area contributed by atoms with Crippen molar-refractivity contribution in [3.05, 3.63) is 106 Å². The van der Waals surface area contributed by atoms with Gasteiger partial charge in [-0.1, -0.05) is 6.08 Å². The molecule has 0 aliphatic carbocycles. The average Bonchev–Trinajstić information content (AvgIpc) is 3.37. The maximum Gasteiger partial charge on any atom is 0.416 e. The van der Waals surface area contributed by atoms with Gasteiger partial charge in [-0.15, -0.1) is 0 Å². The zero-order valence-corrected chi connectivity index (χ0v) is 24.7. The molecule has 0 saturated carbocycles. The standard InChI is InChI=1S/C31H28F3N5O8/c1-46-30(43)37-23(5-2-3-7-26(35)40)28(41)36-24-6-4-10-38(29(24)42)15-21-12-18-11-20(33)14-25(27(18)39(21)31(44)45)47-16-17-8-9-19(32)13-22(17)34/h3-4,6-14,23H,2,5,15-16H2,1H3,(H2,35,40)(H,36,41)(H,37,43)(H,44,45). The minimum Gasteiger partial charge on any atom is -0.486 e. The summed E-state index contributed by atoms with van der Waals surface area (Å²) in [7, 11) is 1.10. The Morgan fingerprint density at radius 3 is 2.51 bits per heavy atom. The van der Waals surface area contributed by atoms with E-state index in [9.17, 15) is 42.3 Å². The number of halogens is 3. The number of carbonyl (C=O) groups excluding carboxylic acids is 3. The molecule has 2 aromatic heterocycles. The number of aromatic nitrogens is 2. The molecule has 4 aromatic rings. The van der Waals surface area contributed by atoms with Crippen molar-refractivity contribution < 1.29 is 46.9 Å². The number of allylic oxidation sites excluding steroid dienone is 1. The molecule has 13 nitrogen and oxygen atoms in total. The lowest BCUT2D eigenvalue weighted by atomic mass is 10.1. The van der Waals surface area contributed by atoms with Gasteiger partial charge in [0.05, 0.1) is 19.3 Å². The summed E-state index contributed by atoms with van der Waals surface area (Å²) >= 11 is 0. The number of methoxy groups -OCH3 is 1. The molecule has 4 rings (SSSR count). The van der Waals surface area contributed by atoms with Gasteiger partial charge in [0.1, 0.15) is 47.1 Å². The van der Waals surface area contributed by atoms with Gasteiger partial charge in [0, 0.05) is 29.3 Å². The monoisotopic (exact) mass is 655 g/mol. The molecule has 1 atom stereocenters. The summed E-state index contributed by atoms with van der Waals surface area (Å²) in [5.41, 5.74) is 3.95. The number of fused-ring (bicyclic) bond motifs is 1. The van der Waals surface area contributed by atoms with E-state index in [0.717, 1.165) is 46.6 Å². The average molecular weight is 656 g/mol.